The fourth-order valence-electron chi connectivity index (χ4n) is 2.86. The van der Waals surface area contributed by atoms with E-state index in [0.717, 1.165) is 21.4 Å². The second-order valence-corrected chi connectivity index (χ2v) is 6.52. The lowest BCUT2D eigenvalue weighted by Crippen LogP contribution is -2.40. The first-order valence-electron chi connectivity index (χ1n) is 7.09. The Morgan fingerprint density at radius 1 is 1.38 bits per heavy atom. The van der Waals surface area contributed by atoms with Crippen LogP contribution in [0.2, 0.25) is 0 Å². The molecule has 0 unspecified atom stereocenters. The summed E-state index contributed by atoms with van der Waals surface area (Å²) in [7, 11) is 0. The molecule has 21 heavy (non-hydrogen) atoms. The van der Waals surface area contributed by atoms with Gasteiger partial charge in [-0.15, -0.1) is 0 Å². The fraction of sp³-hybridized carbons (Fsp3) is 0.467. The number of aromatic nitrogens is 2. The van der Waals surface area contributed by atoms with Crippen molar-refractivity contribution in [3.8, 4) is 0 Å². The van der Waals surface area contributed by atoms with Crippen molar-refractivity contribution in [3.63, 3.8) is 0 Å². The Morgan fingerprint density at radius 2 is 2.05 bits per heavy atom. The lowest BCUT2D eigenvalue weighted by atomic mass is 10.1. The third kappa shape index (κ3) is 2.58. The minimum Gasteiger partial charge on any atom is -0.393 e. The number of amides is 1. The zero-order chi connectivity index (χ0) is 15.1. The first-order valence-corrected chi connectivity index (χ1v) is 7.89. The maximum atomic E-state index is 12.8. The maximum Gasteiger partial charge on any atom is 0.272 e. The molecule has 1 aliphatic heterocycles. The van der Waals surface area contributed by atoms with E-state index in [9.17, 15) is 9.90 Å². The van der Waals surface area contributed by atoms with Gasteiger partial charge in [0, 0.05) is 23.8 Å². The number of halogens is 1. The average Bonchev–Trinajstić information content (AvgIpc) is 2.75. The van der Waals surface area contributed by atoms with Crippen molar-refractivity contribution in [2.24, 2.45) is 0 Å². The molecule has 2 aromatic rings. The van der Waals surface area contributed by atoms with Crippen LogP contribution in [0.1, 0.15) is 34.6 Å². The highest BCUT2D eigenvalue weighted by Gasteiger charge is 2.26. The van der Waals surface area contributed by atoms with Gasteiger partial charge >= 0.3 is 0 Å². The molecule has 0 bridgehead atoms. The van der Waals surface area contributed by atoms with Crippen LogP contribution < -0.4 is 0 Å². The van der Waals surface area contributed by atoms with Crippen LogP contribution in [0, 0.1) is 13.8 Å². The van der Waals surface area contributed by atoms with E-state index in [2.05, 4.69) is 20.9 Å². The zero-order valence-electron chi connectivity index (χ0n) is 12.1. The van der Waals surface area contributed by atoms with Crippen molar-refractivity contribution in [1.29, 1.82) is 0 Å². The Bertz CT molecular complexity index is 702. The number of piperidine rings is 1. The van der Waals surface area contributed by atoms with Crippen molar-refractivity contribution < 1.29 is 9.90 Å². The summed E-state index contributed by atoms with van der Waals surface area (Å²) in [5, 5.41) is 9.58. The van der Waals surface area contributed by atoms with Crippen LogP contribution in [0.5, 0.6) is 0 Å². The number of aryl methyl sites for hydroxylation is 2. The molecule has 1 fully saturated rings. The summed E-state index contributed by atoms with van der Waals surface area (Å²) in [5.41, 5.74) is 3.20. The molecule has 0 atom stereocenters. The van der Waals surface area contributed by atoms with Gasteiger partial charge in [-0.1, -0.05) is 0 Å². The second kappa shape index (κ2) is 5.42. The van der Waals surface area contributed by atoms with Crippen molar-refractivity contribution in [2.75, 3.05) is 13.1 Å². The topological polar surface area (TPSA) is 57.8 Å². The number of carbonyl (C=O) groups is 1. The molecule has 3 heterocycles. The predicted octanol–water partition coefficient (Wildman–Crippen LogP) is 2.31. The van der Waals surface area contributed by atoms with Crippen LogP contribution >= 0.6 is 15.9 Å². The van der Waals surface area contributed by atoms with Crippen LogP contribution in [-0.4, -0.2) is 44.5 Å². The van der Waals surface area contributed by atoms with E-state index >= 15 is 0 Å². The normalized spacial score (nSPS) is 16.7. The first kappa shape index (κ1) is 14.5. The lowest BCUT2D eigenvalue weighted by molar-refractivity contribution is 0.0540. The molecular formula is C15H18BrN3O2. The molecule has 0 aromatic carbocycles. The molecule has 6 heteroatoms. The lowest BCUT2D eigenvalue weighted by Gasteiger charge is -2.29. The monoisotopic (exact) mass is 351 g/mol. The van der Waals surface area contributed by atoms with Gasteiger partial charge in [-0.3, -0.25) is 9.20 Å². The molecule has 112 valence electrons. The average molecular weight is 352 g/mol. The number of nitrogens with zero attached hydrogens (tertiary/aromatic N) is 3. The van der Waals surface area contributed by atoms with Crippen molar-refractivity contribution >= 4 is 27.5 Å². The summed E-state index contributed by atoms with van der Waals surface area (Å²) in [4.78, 5) is 19.1. The van der Waals surface area contributed by atoms with Crippen molar-refractivity contribution in [1.82, 2.24) is 14.3 Å². The van der Waals surface area contributed by atoms with Crippen LogP contribution in [0.4, 0.5) is 0 Å². The van der Waals surface area contributed by atoms with Crippen LogP contribution in [-0.2, 0) is 0 Å². The Labute approximate surface area is 131 Å². The molecule has 5 nitrogen and oxygen atoms in total. The smallest absolute Gasteiger partial charge is 0.272 e. The Hall–Kier alpha value is -1.40. The third-order valence-electron chi connectivity index (χ3n) is 4.00. The molecule has 1 amide bonds. The zero-order valence-corrected chi connectivity index (χ0v) is 13.7. The molecule has 3 rings (SSSR count). The van der Waals surface area contributed by atoms with Crippen molar-refractivity contribution in [3.05, 3.63) is 33.7 Å². The van der Waals surface area contributed by atoms with E-state index in [1.165, 1.54) is 0 Å². The number of rotatable bonds is 1. The summed E-state index contributed by atoms with van der Waals surface area (Å²) in [6, 6.07) is 1.99. The molecule has 0 radical (unpaired) electrons. The first-order chi connectivity index (χ1) is 9.97. The number of pyridine rings is 1. The highest BCUT2D eigenvalue weighted by Crippen LogP contribution is 2.22. The summed E-state index contributed by atoms with van der Waals surface area (Å²) < 4.78 is 2.79. The summed E-state index contributed by atoms with van der Waals surface area (Å²) in [6.07, 6.45) is 2.89. The minimum atomic E-state index is -0.284. The predicted molar refractivity (Wildman–Crippen MR) is 83.5 cm³/mol. The number of fused-ring (bicyclic) bond motifs is 1. The summed E-state index contributed by atoms with van der Waals surface area (Å²) in [5.74, 6) is -0.00981. The number of hydrogen-bond acceptors (Lipinski definition) is 3. The van der Waals surface area contributed by atoms with Gasteiger partial charge in [-0.25, -0.2) is 4.98 Å². The van der Waals surface area contributed by atoms with Gasteiger partial charge < -0.3 is 10.0 Å². The highest BCUT2D eigenvalue weighted by molar-refractivity contribution is 9.10. The molecule has 0 spiro atoms. The molecule has 1 saturated heterocycles. The van der Waals surface area contributed by atoms with Gasteiger partial charge in [-0.2, -0.15) is 0 Å². The Kier molecular flexibility index (Phi) is 3.75. The van der Waals surface area contributed by atoms with Gasteiger partial charge in [0.15, 0.2) is 0 Å². The molecule has 0 saturated carbocycles. The van der Waals surface area contributed by atoms with E-state index in [1.807, 2.05) is 30.5 Å². The summed E-state index contributed by atoms with van der Waals surface area (Å²) in [6.45, 7) is 5.05. The van der Waals surface area contributed by atoms with E-state index in [0.29, 0.717) is 31.6 Å². The second-order valence-electron chi connectivity index (χ2n) is 5.60. The summed E-state index contributed by atoms with van der Waals surface area (Å²) >= 11 is 3.47. The third-order valence-corrected chi connectivity index (χ3v) is 4.43. The minimum absolute atomic E-state index is 0.00981. The number of carbonyl (C=O) groups excluding carboxylic acids is 1. The van der Waals surface area contributed by atoms with Gasteiger partial charge in [-0.05, 0) is 54.2 Å². The van der Waals surface area contributed by atoms with Crippen LogP contribution in [0.25, 0.3) is 5.65 Å². The molecule has 1 N–H and O–H groups in total. The van der Waals surface area contributed by atoms with Crippen molar-refractivity contribution in [2.45, 2.75) is 32.8 Å². The van der Waals surface area contributed by atoms with E-state index in [-0.39, 0.29) is 12.0 Å². The number of aliphatic hydroxyl groups is 1. The van der Waals surface area contributed by atoms with E-state index < -0.39 is 0 Å². The fourth-order valence-corrected chi connectivity index (χ4v) is 3.41. The van der Waals surface area contributed by atoms with E-state index in [1.54, 1.807) is 4.90 Å². The van der Waals surface area contributed by atoms with Gasteiger partial charge in [0.1, 0.15) is 11.3 Å². The highest BCUT2D eigenvalue weighted by atomic mass is 79.9. The van der Waals surface area contributed by atoms with Crippen LogP contribution in [0.3, 0.4) is 0 Å². The largest absolute Gasteiger partial charge is 0.393 e. The van der Waals surface area contributed by atoms with Gasteiger partial charge in [0.2, 0.25) is 0 Å². The quantitative estimate of drug-likeness (QED) is 0.857. The number of aliphatic hydroxyl groups excluding tert-OH is 1. The van der Waals surface area contributed by atoms with Gasteiger partial charge in [0.25, 0.3) is 5.91 Å². The SMILES string of the molecule is Cc1nc2c(C)cc(Br)cn2c1C(=O)N1CCC(O)CC1. The molecule has 2 aromatic heterocycles. The Morgan fingerprint density at radius 3 is 2.71 bits per heavy atom. The number of likely N-dealkylation sites (tertiary alicyclic amines) is 1. The van der Waals surface area contributed by atoms with E-state index in [4.69, 9.17) is 0 Å². The van der Waals surface area contributed by atoms with Crippen LogP contribution in [0.15, 0.2) is 16.7 Å². The maximum absolute atomic E-state index is 12.8. The molecule has 0 aliphatic carbocycles. The Balaban J connectivity index is 2.03. The standard InChI is InChI=1S/C15H18BrN3O2/c1-9-7-11(16)8-19-13(10(2)17-14(9)19)15(21)18-5-3-12(20)4-6-18/h7-8,12,20H,3-6H2,1-2H3. The van der Waals surface area contributed by atoms with Gasteiger partial charge in [0.05, 0.1) is 11.8 Å². The number of hydrogen-bond donors (Lipinski definition) is 1. The molecular weight excluding hydrogens is 334 g/mol. The molecule has 1 aliphatic rings. The number of imidazole rings is 1.